The molecule has 0 fully saturated rings. The number of nitrogen functional groups attached to an aromatic ring is 1. The highest BCUT2D eigenvalue weighted by Crippen LogP contribution is 2.35. The zero-order valence-corrected chi connectivity index (χ0v) is 12.2. The molecule has 1 heterocycles. The molecule has 1 aromatic carbocycles. The Bertz CT molecular complexity index is 723. The summed E-state index contributed by atoms with van der Waals surface area (Å²) in [6.07, 6.45) is 1.16. The molecule has 1 aromatic heterocycles. The molecule has 19 heavy (non-hydrogen) atoms. The van der Waals surface area contributed by atoms with Gasteiger partial charge in [-0.3, -0.25) is 4.68 Å². The van der Waals surface area contributed by atoms with Gasteiger partial charge in [-0.25, -0.2) is 8.42 Å². The summed E-state index contributed by atoms with van der Waals surface area (Å²) in [7, 11) is -1.53. The molecule has 0 unspecified atom stereocenters. The van der Waals surface area contributed by atoms with Gasteiger partial charge in [0, 0.05) is 29.5 Å². The number of hydrogen-bond donors (Lipinski definition) is 1. The molecule has 0 atom stereocenters. The van der Waals surface area contributed by atoms with Crippen LogP contribution in [0.3, 0.4) is 0 Å². The number of aryl methyl sites for hydroxylation is 1. The summed E-state index contributed by atoms with van der Waals surface area (Å²) >= 11 is 6.14. The molecule has 0 aliphatic rings. The molecule has 0 aliphatic heterocycles. The quantitative estimate of drug-likeness (QED) is 0.938. The van der Waals surface area contributed by atoms with Gasteiger partial charge in [0.1, 0.15) is 5.82 Å². The number of aromatic nitrogens is 2. The topological polar surface area (TPSA) is 78.0 Å². The lowest BCUT2D eigenvalue weighted by Gasteiger charge is -2.05. The monoisotopic (exact) mass is 299 g/mol. The normalized spacial score (nSPS) is 11.7. The Morgan fingerprint density at radius 3 is 2.58 bits per heavy atom. The van der Waals surface area contributed by atoms with Crippen LogP contribution in [0.15, 0.2) is 24.3 Å². The van der Waals surface area contributed by atoms with E-state index >= 15 is 0 Å². The van der Waals surface area contributed by atoms with Crippen LogP contribution in [0.1, 0.15) is 5.69 Å². The van der Waals surface area contributed by atoms with Crippen molar-refractivity contribution < 1.29 is 8.42 Å². The maximum atomic E-state index is 11.5. The summed E-state index contributed by atoms with van der Waals surface area (Å²) in [6, 6.07) is 7.14. The van der Waals surface area contributed by atoms with Crippen LogP contribution in [0.5, 0.6) is 0 Å². The van der Waals surface area contributed by atoms with Gasteiger partial charge in [-0.1, -0.05) is 29.8 Å². The summed E-state index contributed by atoms with van der Waals surface area (Å²) in [5.74, 6) is 0.227. The summed E-state index contributed by atoms with van der Waals surface area (Å²) in [6.45, 7) is 0. The third kappa shape index (κ3) is 2.90. The standard InChI is InChI=1S/C12H14ClN3O2S/c1-16-12(14)11(8-5-3-4-6-9(8)13)10(15-16)7-19(2,17)18/h3-6H,7,14H2,1-2H3. The van der Waals surface area contributed by atoms with E-state index in [2.05, 4.69) is 5.10 Å². The number of benzene rings is 1. The molecule has 7 heteroatoms. The predicted octanol–water partition coefficient (Wildman–Crippen LogP) is 1.87. The Kier molecular flexibility index (Phi) is 3.56. The van der Waals surface area contributed by atoms with E-state index in [9.17, 15) is 8.42 Å². The lowest BCUT2D eigenvalue weighted by Crippen LogP contribution is -2.03. The zero-order valence-electron chi connectivity index (χ0n) is 10.6. The van der Waals surface area contributed by atoms with E-state index in [1.54, 1.807) is 25.2 Å². The first-order chi connectivity index (χ1) is 8.79. The van der Waals surface area contributed by atoms with E-state index < -0.39 is 9.84 Å². The van der Waals surface area contributed by atoms with Crippen molar-refractivity contribution in [3.05, 3.63) is 35.0 Å². The van der Waals surface area contributed by atoms with Crippen LogP contribution in [0, 0.1) is 0 Å². The van der Waals surface area contributed by atoms with Crippen molar-refractivity contribution in [1.29, 1.82) is 0 Å². The Morgan fingerprint density at radius 2 is 2.00 bits per heavy atom. The number of nitrogens with zero attached hydrogens (tertiary/aromatic N) is 2. The Hall–Kier alpha value is -1.53. The number of anilines is 1. The molecule has 0 saturated carbocycles. The van der Waals surface area contributed by atoms with Gasteiger partial charge in [0.25, 0.3) is 0 Å². The SMILES string of the molecule is Cn1nc(CS(C)(=O)=O)c(-c2ccccc2Cl)c1N. The van der Waals surface area contributed by atoms with E-state index in [0.717, 1.165) is 6.26 Å². The molecular formula is C12H14ClN3O2S. The van der Waals surface area contributed by atoms with Gasteiger partial charge in [-0.05, 0) is 6.07 Å². The predicted molar refractivity (Wildman–Crippen MR) is 76.6 cm³/mol. The van der Waals surface area contributed by atoms with Crippen LogP contribution < -0.4 is 5.73 Å². The molecule has 0 bridgehead atoms. The Labute approximate surface area is 116 Å². The number of sulfone groups is 1. The van der Waals surface area contributed by atoms with E-state index in [4.69, 9.17) is 17.3 Å². The van der Waals surface area contributed by atoms with Crippen molar-refractivity contribution in [2.24, 2.45) is 7.05 Å². The minimum atomic E-state index is -3.20. The molecule has 102 valence electrons. The molecule has 2 N–H and O–H groups in total. The van der Waals surface area contributed by atoms with Crippen molar-refractivity contribution in [1.82, 2.24) is 9.78 Å². The maximum absolute atomic E-state index is 11.5. The van der Waals surface area contributed by atoms with Gasteiger partial charge >= 0.3 is 0 Å². The molecule has 2 aromatic rings. The largest absolute Gasteiger partial charge is 0.383 e. The molecule has 0 saturated heterocycles. The van der Waals surface area contributed by atoms with Crippen molar-refractivity contribution in [2.45, 2.75) is 5.75 Å². The second kappa shape index (κ2) is 4.86. The molecule has 0 spiro atoms. The molecule has 0 radical (unpaired) electrons. The van der Waals surface area contributed by atoms with Crippen LogP contribution in [-0.4, -0.2) is 24.5 Å². The number of nitrogens with two attached hydrogens (primary N) is 1. The first-order valence-electron chi connectivity index (χ1n) is 5.53. The molecule has 0 aliphatic carbocycles. The van der Waals surface area contributed by atoms with Crippen LogP contribution >= 0.6 is 11.6 Å². The third-order valence-electron chi connectivity index (χ3n) is 2.71. The van der Waals surface area contributed by atoms with E-state index in [1.165, 1.54) is 4.68 Å². The van der Waals surface area contributed by atoms with Crippen LogP contribution in [0.4, 0.5) is 5.82 Å². The number of rotatable bonds is 3. The highest BCUT2D eigenvalue weighted by Gasteiger charge is 2.20. The molecule has 0 amide bonds. The fraction of sp³-hybridized carbons (Fsp3) is 0.250. The van der Waals surface area contributed by atoms with Crippen molar-refractivity contribution >= 4 is 27.3 Å². The lowest BCUT2D eigenvalue weighted by molar-refractivity contribution is 0.600. The van der Waals surface area contributed by atoms with Gasteiger partial charge in [0.2, 0.25) is 0 Å². The first kappa shape index (κ1) is 13.9. The second-order valence-electron chi connectivity index (χ2n) is 4.38. The molecular weight excluding hydrogens is 286 g/mol. The maximum Gasteiger partial charge on any atom is 0.153 e. The first-order valence-corrected chi connectivity index (χ1v) is 7.97. The summed E-state index contributed by atoms with van der Waals surface area (Å²) < 4.78 is 24.4. The average Bonchev–Trinajstić information content (AvgIpc) is 2.54. The van der Waals surface area contributed by atoms with Gasteiger partial charge in [-0.2, -0.15) is 5.10 Å². The lowest BCUT2D eigenvalue weighted by atomic mass is 10.1. The molecule has 2 rings (SSSR count). The highest BCUT2D eigenvalue weighted by atomic mass is 35.5. The van der Waals surface area contributed by atoms with E-state index in [-0.39, 0.29) is 5.75 Å². The minimum absolute atomic E-state index is 0.168. The van der Waals surface area contributed by atoms with Crippen molar-refractivity contribution in [3.63, 3.8) is 0 Å². The van der Waals surface area contributed by atoms with Gasteiger partial charge in [0.05, 0.1) is 11.4 Å². The second-order valence-corrected chi connectivity index (χ2v) is 6.93. The summed E-state index contributed by atoms with van der Waals surface area (Å²) in [5, 5.41) is 4.68. The molecule has 5 nitrogen and oxygen atoms in total. The van der Waals surface area contributed by atoms with Crippen LogP contribution in [-0.2, 0) is 22.6 Å². The number of hydrogen-bond acceptors (Lipinski definition) is 4. The Morgan fingerprint density at radius 1 is 1.37 bits per heavy atom. The highest BCUT2D eigenvalue weighted by molar-refractivity contribution is 7.89. The summed E-state index contributed by atoms with van der Waals surface area (Å²) in [4.78, 5) is 0. The third-order valence-corrected chi connectivity index (χ3v) is 3.83. The minimum Gasteiger partial charge on any atom is -0.383 e. The number of halogens is 1. The fourth-order valence-corrected chi connectivity index (χ4v) is 2.83. The van der Waals surface area contributed by atoms with Gasteiger partial charge < -0.3 is 5.73 Å². The average molecular weight is 300 g/mol. The fourth-order valence-electron chi connectivity index (χ4n) is 1.90. The van der Waals surface area contributed by atoms with E-state index in [0.29, 0.717) is 27.7 Å². The van der Waals surface area contributed by atoms with Gasteiger partial charge in [-0.15, -0.1) is 0 Å². The van der Waals surface area contributed by atoms with Crippen molar-refractivity contribution in [3.8, 4) is 11.1 Å². The van der Waals surface area contributed by atoms with Crippen LogP contribution in [0.25, 0.3) is 11.1 Å². The van der Waals surface area contributed by atoms with Crippen molar-refractivity contribution in [2.75, 3.05) is 12.0 Å². The zero-order chi connectivity index (χ0) is 14.2. The van der Waals surface area contributed by atoms with Crippen LogP contribution in [0.2, 0.25) is 5.02 Å². The smallest absolute Gasteiger partial charge is 0.153 e. The Balaban J connectivity index is 2.66. The van der Waals surface area contributed by atoms with E-state index in [1.807, 2.05) is 6.07 Å². The summed E-state index contributed by atoms with van der Waals surface area (Å²) in [5.41, 5.74) is 7.65. The van der Waals surface area contributed by atoms with Gasteiger partial charge in [0.15, 0.2) is 9.84 Å².